The molecule has 1 heterocycles. The van der Waals surface area contributed by atoms with Gasteiger partial charge in [-0.25, -0.2) is 0 Å². The lowest BCUT2D eigenvalue weighted by Gasteiger charge is -2.39. The molecule has 1 aliphatic rings. The van der Waals surface area contributed by atoms with Crippen molar-refractivity contribution in [2.45, 2.75) is 53.9 Å². The molecule has 5 heteroatoms. The summed E-state index contributed by atoms with van der Waals surface area (Å²) in [6, 6.07) is 8.16. The van der Waals surface area contributed by atoms with Crippen LogP contribution in [0.4, 0.5) is 0 Å². The highest BCUT2D eigenvalue weighted by Crippen LogP contribution is 2.39. The van der Waals surface area contributed by atoms with Crippen LogP contribution in [-0.4, -0.2) is 47.4 Å². The maximum Gasteiger partial charge on any atom is 0.275 e. The monoisotopic (exact) mass is 399 g/mol. The molecule has 1 aromatic rings. The topological polar surface area (TPSA) is 49.6 Å². The smallest absolute Gasteiger partial charge is 0.275 e. The lowest BCUT2D eigenvalue weighted by Crippen LogP contribution is -2.46. The summed E-state index contributed by atoms with van der Waals surface area (Å²) >= 11 is 0. The summed E-state index contributed by atoms with van der Waals surface area (Å²) in [7, 11) is 0. The maximum absolute atomic E-state index is 12.3. The Bertz CT molecular complexity index is 789. The summed E-state index contributed by atoms with van der Waals surface area (Å²) in [5, 5.41) is 12.3. The van der Waals surface area contributed by atoms with Crippen LogP contribution in [0.5, 0.6) is 0 Å². The van der Waals surface area contributed by atoms with Gasteiger partial charge in [-0.1, -0.05) is 57.2 Å². The molecule has 2 rings (SSSR count). The van der Waals surface area contributed by atoms with Gasteiger partial charge < -0.3 is 4.90 Å². The molecular formula is C24H37N3O2. The Morgan fingerprint density at radius 2 is 1.62 bits per heavy atom. The van der Waals surface area contributed by atoms with Gasteiger partial charge in [0.05, 0.1) is 10.3 Å². The average Bonchev–Trinajstić information content (AvgIpc) is 2.57. The molecule has 5 nitrogen and oxygen atoms in total. The number of nitro groups is 1. The van der Waals surface area contributed by atoms with Gasteiger partial charge >= 0.3 is 0 Å². The van der Waals surface area contributed by atoms with Crippen LogP contribution in [0.2, 0.25) is 0 Å². The van der Waals surface area contributed by atoms with Gasteiger partial charge in [0, 0.05) is 38.3 Å². The fraction of sp³-hybridized carbons (Fsp3) is 0.583. The first kappa shape index (κ1) is 23.1. The molecule has 1 fully saturated rings. The molecule has 1 aromatic carbocycles. The van der Waals surface area contributed by atoms with E-state index in [1.807, 2.05) is 45.9 Å². The predicted octanol–water partition coefficient (Wildman–Crippen LogP) is 5.17. The molecule has 0 spiro atoms. The van der Waals surface area contributed by atoms with Crippen molar-refractivity contribution in [1.29, 1.82) is 0 Å². The lowest BCUT2D eigenvalue weighted by molar-refractivity contribution is -0.438. The maximum atomic E-state index is 12.3. The number of hydrogen-bond donors (Lipinski definition) is 0. The van der Waals surface area contributed by atoms with Gasteiger partial charge in [0.15, 0.2) is 0 Å². The summed E-state index contributed by atoms with van der Waals surface area (Å²) in [6.45, 7) is 22.5. The molecule has 160 valence electrons. The highest BCUT2D eigenvalue weighted by Gasteiger charge is 2.38. The van der Waals surface area contributed by atoms with E-state index in [0.717, 1.165) is 55.1 Å². The predicted molar refractivity (Wildman–Crippen MR) is 121 cm³/mol. The van der Waals surface area contributed by atoms with Crippen LogP contribution >= 0.6 is 0 Å². The van der Waals surface area contributed by atoms with E-state index in [1.165, 1.54) is 0 Å². The van der Waals surface area contributed by atoms with Crippen molar-refractivity contribution < 1.29 is 4.92 Å². The summed E-state index contributed by atoms with van der Waals surface area (Å²) < 4.78 is 0. The minimum absolute atomic E-state index is 0.108. The normalized spacial score (nSPS) is 17.1. The Morgan fingerprint density at radius 3 is 2.07 bits per heavy atom. The third-order valence-electron chi connectivity index (χ3n) is 5.29. The molecule has 0 bridgehead atoms. The average molecular weight is 400 g/mol. The third kappa shape index (κ3) is 5.69. The lowest BCUT2D eigenvalue weighted by atomic mass is 9.80. The second-order valence-corrected chi connectivity index (χ2v) is 10.2. The highest BCUT2D eigenvalue weighted by molar-refractivity contribution is 5.70. The van der Waals surface area contributed by atoms with E-state index in [0.29, 0.717) is 5.70 Å². The molecule has 0 atom stereocenters. The van der Waals surface area contributed by atoms with Crippen LogP contribution in [0, 0.1) is 15.5 Å². The van der Waals surface area contributed by atoms with Crippen molar-refractivity contribution in [2.24, 2.45) is 5.41 Å². The quantitative estimate of drug-likeness (QED) is 0.389. The SMILES string of the molecule is C=C(C)CN1CCN(/C(=C(\[N+](=O)[O-])C(C)(C)C)c2ccccc2C(C)(C)C)CC1. The van der Waals surface area contributed by atoms with Gasteiger partial charge in [-0.3, -0.25) is 15.0 Å². The van der Waals surface area contributed by atoms with Crippen LogP contribution in [0.15, 0.2) is 42.1 Å². The number of piperazine rings is 1. The van der Waals surface area contributed by atoms with Gasteiger partial charge in [0.1, 0.15) is 5.70 Å². The molecule has 29 heavy (non-hydrogen) atoms. The largest absolute Gasteiger partial charge is 0.363 e. The fourth-order valence-electron chi connectivity index (χ4n) is 4.02. The summed E-state index contributed by atoms with van der Waals surface area (Å²) in [5.74, 6) is 0. The highest BCUT2D eigenvalue weighted by atomic mass is 16.6. The van der Waals surface area contributed by atoms with E-state index < -0.39 is 5.41 Å². The van der Waals surface area contributed by atoms with Crippen LogP contribution < -0.4 is 0 Å². The molecular weight excluding hydrogens is 362 g/mol. The van der Waals surface area contributed by atoms with Crippen LogP contribution in [-0.2, 0) is 5.41 Å². The van der Waals surface area contributed by atoms with Crippen molar-refractivity contribution in [2.75, 3.05) is 32.7 Å². The Labute approximate surface area is 176 Å². The van der Waals surface area contributed by atoms with Crippen molar-refractivity contribution in [3.8, 4) is 0 Å². The Morgan fingerprint density at radius 1 is 1.07 bits per heavy atom. The first-order valence-corrected chi connectivity index (χ1v) is 10.4. The van der Waals surface area contributed by atoms with Crippen molar-refractivity contribution in [1.82, 2.24) is 9.80 Å². The van der Waals surface area contributed by atoms with E-state index >= 15 is 0 Å². The molecule has 0 aliphatic carbocycles. The molecule has 0 radical (unpaired) electrons. The molecule has 0 amide bonds. The standard InChI is InChI=1S/C24H37N3O2/c1-18(2)17-25-13-15-26(16-14-25)21(22(27(28)29)24(6,7)8)19-11-9-10-12-20(19)23(3,4)5/h9-12H,1,13-17H2,2-8H3/b22-21-. The van der Waals surface area contributed by atoms with Crippen molar-refractivity contribution in [3.63, 3.8) is 0 Å². The van der Waals surface area contributed by atoms with Gasteiger partial charge in [-0.05, 0) is 38.7 Å². The number of allylic oxidation sites excluding steroid dienone is 1. The van der Waals surface area contributed by atoms with Gasteiger partial charge in [-0.15, -0.1) is 0 Å². The minimum atomic E-state index is -0.571. The molecule has 1 aliphatic heterocycles. The fourth-order valence-corrected chi connectivity index (χ4v) is 4.02. The Balaban J connectivity index is 2.62. The Hall–Kier alpha value is -2.14. The van der Waals surface area contributed by atoms with E-state index in [4.69, 9.17) is 0 Å². The van der Waals surface area contributed by atoms with Crippen LogP contribution in [0.3, 0.4) is 0 Å². The van der Waals surface area contributed by atoms with E-state index in [2.05, 4.69) is 43.2 Å². The van der Waals surface area contributed by atoms with Gasteiger partial charge in [0.25, 0.3) is 5.70 Å². The van der Waals surface area contributed by atoms with E-state index in [1.54, 1.807) is 0 Å². The first-order chi connectivity index (χ1) is 13.3. The summed E-state index contributed by atoms with van der Waals surface area (Å²) in [5.41, 5.74) is 3.67. The van der Waals surface area contributed by atoms with Crippen LogP contribution in [0.25, 0.3) is 5.70 Å². The number of benzene rings is 1. The Kier molecular flexibility index (Phi) is 6.94. The number of hydrogen-bond acceptors (Lipinski definition) is 4. The molecule has 0 unspecified atom stereocenters. The zero-order chi connectivity index (χ0) is 22.0. The summed E-state index contributed by atoms with van der Waals surface area (Å²) in [6.07, 6.45) is 0. The third-order valence-corrected chi connectivity index (χ3v) is 5.29. The van der Waals surface area contributed by atoms with E-state index in [-0.39, 0.29) is 10.3 Å². The molecule has 0 N–H and O–H groups in total. The molecule has 1 saturated heterocycles. The van der Waals surface area contributed by atoms with Gasteiger partial charge in [-0.2, -0.15) is 0 Å². The second-order valence-electron chi connectivity index (χ2n) is 10.2. The number of nitrogens with zero attached hydrogens (tertiary/aromatic N) is 3. The number of rotatable bonds is 5. The van der Waals surface area contributed by atoms with Crippen molar-refractivity contribution >= 4 is 5.70 Å². The first-order valence-electron chi connectivity index (χ1n) is 10.4. The van der Waals surface area contributed by atoms with Gasteiger partial charge in [0.2, 0.25) is 0 Å². The molecule has 0 aromatic heterocycles. The van der Waals surface area contributed by atoms with Crippen molar-refractivity contribution in [3.05, 3.63) is 63.4 Å². The van der Waals surface area contributed by atoms with Crippen LogP contribution in [0.1, 0.15) is 59.6 Å². The zero-order valence-corrected chi connectivity index (χ0v) is 19.2. The second kappa shape index (κ2) is 8.70. The van der Waals surface area contributed by atoms with E-state index in [9.17, 15) is 10.1 Å². The molecule has 0 saturated carbocycles. The minimum Gasteiger partial charge on any atom is -0.363 e. The summed E-state index contributed by atoms with van der Waals surface area (Å²) in [4.78, 5) is 16.7. The zero-order valence-electron chi connectivity index (χ0n) is 19.2.